The summed E-state index contributed by atoms with van der Waals surface area (Å²) in [5.74, 6) is -0.859. The molecule has 0 saturated carbocycles. The molecule has 0 bridgehead atoms. The average Bonchev–Trinajstić information content (AvgIpc) is 2.64. The van der Waals surface area contributed by atoms with Gasteiger partial charge >= 0.3 is 0 Å². The Kier molecular flexibility index (Phi) is 5.03. The zero-order chi connectivity index (χ0) is 18.0. The summed E-state index contributed by atoms with van der Waals surface area (Å²) in [7, 11) is -3.78. The third-order valence-electron chi connectivity index (χ3n) is 3.96. The molecule has 2 aromatic rings. The van der Waals surface area contributed by atoms with Crippen molar-refractivity contribution < 1.29 is 17.6 Å². The molecule has 132 valence electrons. The van der Waals surface area contributed by atoms with Gasteiger partial charge in [0, 0.05) is 38.6 Å². The first-order valence-corrected chi connectivity index (χ1v) is 9.36. The molecule has 0 atom stereocenters. The molecular formula is C16H15ClFN3O3S. The number of carbonyl (C=O) groups excluding carboxylic acids is 1. The summed E-state index contributed by atoms with van der Waals surface area (Å²) in [6.45, 7) is 0.844. The Morgan fingerprint density at radius 3 is 2.48 bits per heavy atom. The van der Waals surface area contributed by atoms with E-state index < -0.39 is 15.8 Å². The first kappa shape index (κ1) is 17.8. The lowest BCUT2D eigenvalue weighted by Crippen LogP contribution is -2.50. The SMILES string of the molecule is O=C(c1cccnc1)N1CCN(S(=O)(=O)c2ccc(F)c(Cl)c2)CC1. The van der Waals surface area contributed by atoms with Gasteiger partial charge in [-0.25, -0.2) is 12.8 Å². The summed E-state index contributed by atoms with van der Waals surface area (Å²) in [5.41, 5.74) is 0.462. The van der Waals surface area contributed by atoms with Gasteiger partial charge in [0.15, 0.2) is 0 Å². The molecule has 25 heavy (non-hydrogen) atoms. The number of benzene rings is 1. The van der Waals surface area contributed by atoms with Gasteiger partial charge in [-0.3, -0.25) is 9.78 Å². The van der Waals surface area contributed by atoms with Crippen LogP contribution in [0.3, 0.4) is 0 Å². The maximum Gasteiger partial charge on any atom is 0.255 e. The molecule has 0 N–H and O–H groups in total. The number of rotatable bonds is 3. The molecule has 0 radical (unpaired) electrons. The molecule has 1 aromatic carbocycles. The number of piperazine rings is 1. The Bertz CT molecular complexity index is 885. The van der Waals surface area contributed by atoms with Gasteiger partial charge in [0.05, 0.1) is 15.5 Å². The summed E-state index contributed by atoms with van der Waals surface area (Å²) in [5, 5.41) is -0.244. The molecule has 1 aliphatic rings. The summed E-state index contributed by atoms with van der Waals surface area (Å²) < 4.78 is 39.8. The van der Waals surface area contributed by atoms with E-state index in [2.05, 4.69) is 4.98 Å². The van der Waals surface area contributed by atoms with E-state index in [1.165, 1.54) is 16.6 Å². The first-order valence-electron chi connectivity index (χ1n) is 7.54. The number of amides is 1. The molecule has 6 nitrogen and oxygen atoms in total. The van der Waals surface area contributed by atoms with Crippen LogP contribution >= 0.6 is 11.6 Å². The Hall–Kier alpha value is -2.03. The number of pyridine rings is 1. The molecule has 0 spiro atoms. The van der Waals surface area contributed by atoms with Crippen LogP contribution in [0.2, 0.25) is 5.02 Å². The van der Waals surface area contributed by atoms with Crippen molar-refractivity contribution in [3.05, 3.63) is 59.1 Å². The molecule has 1 aliphatic heterocycles. The van der Waals surface area contributed by atoms with Crippen LogP contribution in [0.4, 0.5) is 4.39 Å². The van der Waals surface area contributed by atoms with Gasteiger partial charge in [-0.05, 0) is 30.3 Å². The second kappa shape index (κ2) is 7.07. The smallest absolute Gasteiger partial charge is 0.255 e. The summed E-state index contributed by atoms with van der Waals surface area (Å²) in [6.07, 6.45) is 3.06. The van der Waals surface area contributed by atoms with E-state index in [0.717, 1.165) is 12.1 Å². The van der Waals surface area contributed by atoms with Crippen LogP contribution in [0.15, 0.2) is 47.6 Å². The molecule has 0 aliphatic carbocycles. The molecule has 0 unspecified atom stereocenters. The second-order valence-electron chi connectivity index (χ2n) is 5.51. The average molecular weight is 384 g/mol. The van der Waals surface area contributed by atoms with Crippen LogP contribution in [0, 0.1) is 5.82 Å². The Morgan fingerprint density at radius 1 is 1.16 bits per heavy atom. The van der Waals surface area contributed by atoms with Crippen molar-refractivity contribution in [2.24, 2.45) is 0 Å². The Morgan fingerprint density at radius 2 is 1.88 bits per heavy atom. The van der Waals surface area contributed by atoms with Crippen molar-refractivity contribution in [1.82, 2.24) is 14.2 Å². The normalized spacial score (nSPS) is 16.0. The van der Waals surface area contributed by atoms with Gasteiger partial charge in [0.1, 0.15) is 5.82 Å². The lowest BCUT2D eigenvalue weighted by molar-refractivity contribution is 0.0697. The van der Waals surface area contributed by atoms with Gasteiger partial charge in [0.2, 0.25) is 10.0 Å². The molecule has 1 amide bonds. The van der Waals surface area contributed by atoms with E-state index in [4.69, 9.17) is 11.6 Å². The molecular weight excluding hydrogens is 369 g/mol. The highest BCUT2D eigenvalue weighted by Crippen LogP contribution is 2.23. The van der Waals surface area contributed by atoms with Crippen LogP contribution in [-0.2, 0) is 10.0 Å². The lowest BCUT2D eigenvalue weighted by Gasteiger charge is -2.34. The van der Waals surface area contributed by atoms with Crippen LogP contribution in [0.1, 0.15) is 10.4 Å². The number of nitrogens with zero attached hydrogens (tertiary/aromatic N) is 3. The molecule has 9 heteroatoms. The lowest BCUT2D eigenvalue weighted by atomic mass is 10.2. The minimum Gasteiger partial charge on any atom is -0.336 e. The van der Waals surface area contributed by atoms with Gasteiger partial charge < -0.3 is 4.90 Å². The fourth-order valence-corrected chi connectivity index (χ4v) is 4.28. The van der Waals surface area contributed by atoms with E-state index in [9.17, 15) is 17.6 Å². The zero-order valence-corrected chi connectivity index (χ0v) is 14.7. The van der Waals surface area contributed by atoms with E-state index in [0.29, 0.717) is 5.56 Å². The number of hydrogen-bond donors (Lipinski definition) is 0. The quantitative estimate of drug-likeness (QED) is 0.813. The number of aromatic nitrogens is 1. The molecule has 1 aromatic heterocycles. The standard InChI is InChI=1S/C16H15ClFN3O3S/c17-14-10-13(3-4-15(14)18)25(23,24)21-8-6-20(7-9-21)16(22)12-2-1-5-19-11-12/h1-5,10-11H,6-9H2. The van der Waals surface area contributed by atoms with E-state index in [-0.39, 0.29) is 42.0 Å². The maximum absolute atomic E-state index is 13.2. The van der Waals surface area contributed by atoms with Crippen LogP contribution in [0.25, 0.3) is 0 Å². The van der Waals surface area contributed by atoms with E-state index in [1.807, 2.05) is 0 Å². The number of sulfonamides is 1. The highest BCUT2D eigenvalue weighted by atomic mass is 35.5. The van der Waals surface area contributed by atoms with Gasteiger partial charge in [-0.1, -0.05) is 11.6 Å². The minimum atomic E-state index is -3.78. The van der Waals surface area contributed by atoms with Crippen LogP contribution in [-0.4, -0.2) is 54.7 Å². The zero-order valence-electron chi connectivity index (χ0n) is 13.1. The third-order valence-corrected chi connectivity index (χ3v) is 6.15. The molecule has 1 fully saturated rings. The maximum atomic E-state index is 13.2. The second-order valence-corrected chi connectivity index (χ2v) is 7.86. The molecule has 1 saturated heterocycles. The van der Waals surface area contributed by atoms with Crippen LogP contribution in [0.5, 0.6) is 0 Å². The summed E-state index contributed by atoms with van der Waals surface area (Å²) in [4.78, 5) is 17.8. The van der Waals surface area contributed by atoms with Crippen molar-refractivity contribution in [3.8, 4) is 0 Å². The predicted molar refractivity (Wildman–Crippen MR) is 90.3 cm³/mol. The Balaban J connectivity index is 1.71. The van der Waals surface area contributed by atoms with Gasteiger partial charge in [-0.2, -0.15) is 4.31 Å². The van der Waals surface area contributed by atoms with Gasteiger partial charge in [-0.15, -0.1) is 0 Å². The van der Waals surface area contributed by atoms with Crippen molar-refractivity contribution in [2.75, 3.05) is 26.2 Å². The monoisotopic (exact) mass is 383 g/mol. The summed E-state index contributed by atoms with van der Waals surface area (Å²) >= 11 is 5.67. The topological polar surface area (TPSA) is 70.6 Å². The van der Waals surface area contributed by atoms with Gasteiger partial charge in [0.25, 0.3) is 5.91 Å². The highest BCUT2D eigenvalue weighted by molar-refractivity contribution is 7.89. The molecule has 2 heterocycles. The highest BCUT2D eigenvalue weighted by Gasteiger charge is 2.30. The third kappa shape index (κ3) is 3.65. The van der Waals surface area contributed by atoms with Crippen LogP contribution < -0.4 is 0 Å². The largest absolute Gasteiger partial charge is 0.336 e. The fourth-order valence-electron chi connectivity index (χ4n) is 2.59. The summed E-state index contributed by atoms with van der Waals surface area (Å²) in [6, 6.07) is 6.64. The van der Waals surface area contributed by atoms with Crippen molar-refractivity contribution in [2.45, 2.75) is 4.90 Å². The minimum absolute atomic E-state index is 0.0639. The van der Waals surface area contributed by atoms with E-state index >= 15 is 0 Å². The fraction of sp³-hybridized carbons (Fsp3) is 0.250. The van der Waals surface area contributed by atoms with Crippen molar-refractivity contribution >= 4 is 27.5 Å². The first-order chi connectivity index (χ1) is 11.9. The number of halogens is 2. The predicted octanol–water partition coefficient (Wildman–Crippen LogP) is 2.02. The Labute approximate surface area is 149 Å². The number of hydrogen-bond acceptors (Lipinski definition) is 4. The van der Waals surface area contributed by atoms with Crippen molar-refractivity contribution in [1.29, 1.82) is 0 Å². The number of carbonyl (C=O) groups is 1. The van der Waals surface area contributed by atoms with Crippen molar-refractivity contribution in [3.63, 3.8) is 0 Å². The molecule has 3 rings (SSSR count). The van der Waals surface area contributed by atoms with E-state index in [1.54, 1.807) is 23.2 Å².